The Kier molecular flexibility index (Phi) is 6.25. The molecule has 2 aromatic rings. The van der Waals surface area contributed by atoms with Crippen molar-refractivity contribution in [1.82, 2.24) is 0 Å². The van der Waals surface area contributed by atoms with Crippen LogP contribution in [0.5, 0.6) is 11.5 Å². The van der Waals surface area contributed by atoms with E-state index in [9.17, 15) is 9.59 Å². The van der Waals surface area contributed by atoms with Crippen molar-refractivity contribution in [3.63, 3.8) is 0 Å². The summed E-state index contributed by atoms with van der Waals surface area (Å²) < 4.78 is 15.4. The maximum absolute atomic E-state index is 12.3. The van der Waals surface area contributed by atoms with Crippen molar-refractivity contribution in [3.05, 3.63) is 53.1 Å². The van der Waals surface area contributed by atoms with E-state index in [4.69, 9.17) is 21.1 Å². The molecular formula is C18H18ClNO5. The maximum atomic E-state index is 12.3. The van der Waals surface area contributed by atoms with Crippen LogP contribution in [0, 0.1) is 0 Å². The van der Waals surface area contributed by atoms with Gasteiger partial charge in [-0.1, -0.05) is 17.7 Å². The number of anilines is 1. The van der Waals surface area contributed by atoms with Crippen molar-refractivity contribution in [2.24, 2.45) is 0 Å². The molecule has 6 nitrogen and oxygen atoms in total. The Bertz CT molecular complexity index is 778. The molecule has 1 N–H and O–H groups in total. The molecule has 0 radical (unpaired) electrons. The molecule has 0 fully saturated rings. The summed E-state index contributed by atoms with van der Waals surface area (Å²) in [4.78, 5) is 23.9. The number of hydrogen-bond donors (Lipinski definition) is 1. The molecule has 1 amide bonds. The van der Waals surface area contributed by atoms with E-state index >= 15 is 0 Å². The first-order valence-corrected chi connectivity index (χ1v) is 7.82. The highest BCUT2D eigenvalue weighted by Gasteiger charge is 2.18. The van der Waals surface area contributed by atoms with Gasteiger partial charge in [0, 0.05) is 5.02 Å². The fraction of sp³-hybridized carbons (Fsp3) is 0.222. The van der Waals surface area contributed by atoms with Gasteiger partial charge in [0.05, 0.1) is 25.5 Å². The molecule has 0 aromatic heterocycles. The van der Waals surface area contributed by atoms with E-state index in [0.29, 0.717) is 27.8 Å². The lowest BCUT2D eigenvalue weighted by atomic mass is 10.2. The topological polar surface area (TPSA) is 73.9 Å². The molecule has 0 saturated carbocycles. The normalized spacial score (nSPS) is 11.4. The molecule has 2 rings (SSSR count). The lowest BCUT2D eigenvalue weighted by molar-refractivity contribution is -0.122. The Labute approximate surface area is 150 Å². The van der Waals surface area contributed by atoms with Crippen LogP contribution in [0.15, 0.2) is 42.5 Å². The first-order chi connectivity index (χ1) is 11.9. The molecule has 0 heterocycles. The summed E-state index contributed by atoms with van der Waals surface area (Å²) in [5.41, 5.74) is 0.780. The molecule has 0 saturated heterocycles. The van der Waals surface area contributed by atoms with Crippen LogP contribution in [-0.2, 0) is 9.53 Å². The highest BCUT2D eigenvalue weighted by molar-refractivity contribution is 6.31. The minimum Gasteiger partial charge on any atom is -0.495 e. The van der Waals surface area contributed by atoms with Crippen molar-refractivity contribution in [1.29, 1.82) is 0 Å². The van der Waals surface area contributed by atoms with Crippen LogP contribution in [0.1, 0.15) is 17.3 Å². The summed E-state index contributed by atoms with van der Waals surface area (Å²) in [7, 11) is 2.79. The molecule has 0 spiro atoms. The zero-order valence-electron chi connectivity index (χ0n) is 14.0. The first kappa shape index (κ1) is 18.6. The molecular weight excluding hydrogens is 346 g/mol. The molecule has 2 aromatic carbocycles. The summed E-state index contributed by atoms with van der Waals surface area (Å²) in [6, 6.07) is 11.3. The average Bonchev–Trinajstić information content (AvgIpc) is 2.61. The molecule has 0 aliphatic heterocycles. The predicted molar refractivity (Wildman–Crippen MR) is 94.5 cm³/mol. The van der Waals surface area contributed by atoms with Gasteiger partial charge >= 0.3 is 5.97 Å². The van der Waals surface area contributed by atoms with Gasteiger partial charge in [-0.2, -0.15) is 0 Å². The molecule has 7 heteroatoms. The van der Waals surface area contributed by atoms with Gasteiger partial charge in [-0.3, -0.25) is 4.79 Å². The number of amides is 1. The average molecular weight is 364 g/mol. The van der Waals surface area contributed by atoms with Crippen molar-refractivity contribution in [3.8, 4) is 11.5 Å². The van der Waals surface area contributed by atoms with Crippen LogP contribution in [-0.4, -0.2) is 32.2 Å². The Morgan fingerprint density at radius 1 is 1.12 bits per heavy atom. The third kappa shape index (κ3) is 4.87. The van der Waals surface area contributed by atoms with Crippen molar-refractivity contribution < 1.29 is 23.8 Å². The van der Waals surface area contributed by atoms with Crippen LogP contribution in [0.4, 0.5) is 5.69 Å². The number of esters is 1. The third-order valence-electron chi connectivity index (χ3n) is 3.36. The quantitative estimate of drug-likeness (QED) is 0.794. The second-order valence-corrected chi connectivity index (χ2v) is 5.55. The van der Waals surface area contributed by atoms with Crippen molar-refractivity contribution >= 4 is 29.2 Å². The Morgan fingerprint density at radius 2 is 1.88 bits per heavy atom. The summed E-state index contributed by atoms with van der Waals surface area (Å²) in [5, 5.41) is 3.17. The first-order valence-electron chi connectivity index (χ1n) is 7.44. The number of carbonyl (C=O) groups excluding carboxylic acids is 2. The largest absolute Gasteiger partial charge is 0.495 e. The standard InChI is InChI=1S/C18H18ClNO5/c1-11(25-14-6-4-5-12(9-14)18(22)24-3)17(21)20-15-10-13(19)7-8-16(15)23-2/h4-11H,1-3H3,(H,20,21)/t11-/m1/s1. The van der Waals surface area contributed by atoms with Crippen molar-refractivity contribution in [2.45, 2.75) is 13.0 Å². The second kappa shape index (κ2) is 8.39. The number of halogens is 1. The molecule has 25 heavy (non-hydrogen) atoms. The maximum Gasteiger partial charge on any atom is 0.337 e. The monoisotopic (exact) mass is 363 g/mol. The van der Waals surface area contributed by atoms with Gasteiger partial charge < -0.3 is 19.5 Å². The number of nitrogens with one attached hydrogen (secondary N) is 1. The number of rotatable bonds is 6. The molecule has 0 aliphatic carbocycles. The molecule has 0 bridgehead atoms. The highest BCUT2D eigenvalue weighted by Crippen LogP contribution is 2.28. The van der Waals surface area contributed by atoms with Crippen LogP contribution in [0.3, 0.4) is 0 Å². The second-order valence-electron chi connectivity index (χ2n) is 5.11. The van der Waals surface area contributed by atoms with E-state index < -0.39 is 12.1 Å². The molecule has 0 aliphatic rings. The van der Waals surface area contributed by atoms with E-state index in [0.717, 1.165) is 0 Å². The van der Waals surface area contributed by atoms with Gasteiger partial charge in [0.1, 0.15) is 11.5 Å². The number of hydrogen-bond acceptors (Lipinski definition) is 5. The fourth-order valence-electron chi connectivity index (χ4n) is 2.08. The predicted octanol–water partition coefficient (Wildman–Crippen LogP) is 3.54. The van der Waals surface area contributed by atoms with E-state index in [1.54, 1.807) is 43.3 Å². The zero-order valence-corrected chi connectivity index (χ0v) is 14.8. The van der Waals surface area contributed by atoms with Gasteiger partial charge in [0.15, 0.2) is 6.10 Å². The Morgan fingerprint density at radius 3 is 2.56 bits per heavy atom. The summed E-state index contributed by atoms with van der Waals surface area (Å²) >= 11 is 5.95. The van der Waals surface area contributed by atoms with Gasteiger partial charge in [-0.25, -0.2) is 4.79 Å². The number of ether oxygens (including phenoxy) is 3. The van der Waals surface area contributed by atoms with Gasteiger partial charge in [0.2, 0.25) is 0 Å². The minimum atomic E-state index is -0.809. The van der Waals surface area contributed by atoms with E-state index in [1.165, 1.54) is 20.3 Å². The summed E-state index contributed by atoms with van der Waals surface area (Å²) in [6.45, 7) is 1.59. The van der Waals surface area contributed by atoms with Crippen molar-refractivity contribution in [2.75, 3.05) is 19.5 Å². The number of carbonyl (C=O) groups is 2. The lowest BCUT2D eigenvalue weighted by Gasteiger charge is -2.16. The highest BCUT2D eigenvalue weighted by atomic mass is 35.5. The number of benzene rings is 2. The van der Waals surface area contributed by atoms with E-state index in [1.807, 2.05) is 0 Å². The van der Waals surface area contributed by atoms with Crippen LogP contribution >= 0.6 is 11.6 Å². The zero-order chi connectivity index (χ0) is 18.4. The van der Waals surface area contributed by atoms with Gasteiger partial charge in [-0.15, -0.1) is 0 Å². The van der Waals surface area contributed by atoms with Gasteiger partial charge in [-0.05, 0) is 43.3 Å². The smallest absolute Gasteiger partial charge is 0.337 e. The lowest BCUT2D eigenvalue weighted by Crippen LogP contribution is -2.30. The molecule has 1 atom stereocenters. The van der Waals surface area contributed by atoms with E-state index in [2.05, 4.69) is 10.1 Å². The van der Waals surface area contributed by atoms with Crippen LogP contribution in [0.2, 0.25) is 5.02 Å². The van der Waals surface area contributed by atoms with Crippen LogP contribution in [0.25, 0.3) is 0 Å². The van der Waals surface area contributed by atoms with Gasteiger partial charge in [0.25, 0.3) is 5.91 Å². The third-order valence-corrected chi connectivity index (χ3v) is 3.59. The minimum absolute atomic E-state index is 0.337. The summed E-state index contributed by atoms with van der Waals surface area (Å²) in [6.07, 6.45) is -0.809. The van der Waals surface area contributed by atoms with Crippen LogP contribution < -0.4 is 14.8 Å². The SMILES string of the molecule is COC(=O)c1cccc(O[C@H](C)C(=O)Nc2cc(Cl)ccc2OC)c1. The molecule has 0 unspecified atom stereocenters. The Hall–Kier alpha value is -2.73. The molecule has 132 valence electrons. The fourth-order valence-corrected chi connectivity index (χ4v) is 2.26. The summed E-state index contributed by atoms with van der Waals surface area (Å²) in [5.74, 6) is -0.00324. The Balaban J connectivity index is 2.08. The van der Waals surface area contributed by atoms with E-state index in [-0.39, 0.29) is 5.91 Å². The number of methoxy groups -OCH3 is 2.